The molecule has 2 amide bonds. The molecule has 1 aromatic rings. The van der Waals surface area contributed by atoms with Crippen LogP contribution in [0.4, 0.5) is 5.69 Å². The van der Waals surface area contributed by atoms with Gasteiger partial charge in [-0.15, -0.1) is 0 Å². The number of rotatable bonds is 1. The summed E-state index contributed by atoms with van der Waals surface area (Å²) in [7, 11) is 0. The smallest absolute Gasteiger partial charge is 0.240 e. The summed E-state index contributed by atoms with van der Waals surface area (Å²) in [5, 5.41) is 0.577. The summed E-state index contributed by atoms with van der Waals surface area (Å²) in [6.07, 6.45) is 3.26. The Hall–Kier alpha value is -1.65. The van der Waals surface area contributed by atoms with Crippen molar-refractivity contribution in [2.45, 2.75) is 12.2 Å². The topological polar surface area (TPSA) is 46.6 Å². The molecule has 0 spiro atoms. The predicted molar refractivity (Wildman–Crippen MR) is 68.7 cm³/mol. The lowest BCUT2D eigenvalue weighted by Gasteiger charge is -2.17. The molecule has 0 radical (unpaired) electrons. The zero-order valence-electron chi connectivity index (χ0n) is 9.82. The maximum absolute atomic E-state index is 12.4. The van der Waals surface area contributed by atoms with Crippen LogP contribution in [0.15, 0.2) is 36.4 Å². The number of fused-ring (bicyclic) bond motifs is 5. The number of hydrogen-bond acceptors (Lipinski definition) is 3. The van der Waals surface area contributed by atoms with Gasteiger partial charge in [0.15, 0.2) is 0 Å². The first kappa shape index (κ1) is 11.2. The molecule has 0 N–H and O–H groups in total. The van der Waals surface area contributed by atoms with E-state index in [4.69, 9.17) is 16.3 Å². The molecule has 0 unspecified atom stereocenters. The van der Waals surface area contributed by atoms with Crippen LogP contribution in [0, 0.1) is 11.8 Å². The molecule has 2 bridgehead atoms. The van der Waals surface area contributed by atoms with Crippen LogP contribution in [0.2, 0.25) is 5.02 Å². The van der Waals surface area contributed by atoms with Gasteiger partial charge in [-0.3, -0.25) is 9.59 Å². The summed E-state index contributed by atoms with van der Waals surface area (Å²) in [6, 6.07) is 6.73. The molecule has 3 aliphatic heterocycles. The number of halogens is 1. The van der Waals surface area contributed by atoms with Crippen LogP contribution in [0.5, 0.6) is 0 Å². The van der Waals surface area contributed by atoms with Gasteiger partial charge in [-0.1, -0.05) is 23.8 Å². The number of nitrogens with zero attached hydrogens (tertiary/aromatic N) is 1. The van der Waals surface area contributed by atoms with Gasteiger partial charge >= 0.3 is 0 Å². The Morgan fingerprint density at radius 2 is 1.47 bits per heavy atom. The second-order valence-corrected chi connectivity index (χ2v) is 5.43. The molecule has 5 heteroatoms. The number of carbonyl (C=O) groups is 2. The Morgan fingerprint density at radius 1 is 0.947 bits per heavy atom. The molecule has 1 aromatic carbocycles. The van der Waals surface area contributed by atoms with Crippen LogP contribution in [-0.2, 0) is 14.3 Å². The quantitative estimate of drug-likeness (QED) is 0.580. The summed E-state index contributed by atoms with van der Waals surface area (Å²) < 4.78 is 5.58. The van der Waals surface area contributed by atoms with E-state index in [0.29, 0.717) is 10.7 Å². The Bertz CT molecular complexity index is 580. The van der Waals surface area contributed by atoms with Gasteiger partial charge in [0.2, 0.25) is 11.8 Å². The summed E-state index contributed by atoms with van der Waals surface area (Å²) in [4.78, 5) is 26.1. The minimum absolute atomic E-state index is 0.172. The van der Waals surface area contributed by atoms with Gasteiger partial charge < -0.3 is 4.74 Å². The molecular weight excluding hydrogens is 266 g/mol. The van der Waals surface area contributed by atoms with E-state index in [1.165, 1.54) is 4.90 Å². The van der Waals surface area contributed by atoms with Crippen LogP contribution < -0.4 is 4.90 Å². The van der Waals surface area contributed by atoms with E-state index in [2.05, 4.69) is 0 Å². The monoisotopic (exact) mass is 275 g/mol. The normalized spacial score (nSPS) is 35.3. The Labute approximate surface area is 114 Å². The van der Waals surface area contributed by atoms with E-state index >= 15 is 0 Å². The molecule has 4 rings (SSSR count). The van der Waals surface area contributed by atoms with Crippen molar-refractivity contribution in [3.05, 3.63) is 41.4 Å². The number of hydrogen-bond donors (Lipinski definition) is 0. The van der Waals surface area contributed by atoms with Crippen molar-refractivity contribution in [2.75, 3.05) is 4.90 Å². The van der Waals surface area contributed by atoms with E-state index in [1.807, 2.05) is 12.2 Å². The lowest BCUT2D eigenvalue weighted by molar-refractivity contribution is -0.124. The van der Waals surface area contributed by atoms with Gasteiger partial charge in [0.25, 0.3) is 0 Å². The second kappa shape index (κ2) is 3.68. The molecule has 0 saturated carbocycles. The molecule has 4 nitrogen and oxygen atoms in total. The third kappa shape index (κ3) is 1.38. The average molecular weight is 276 g/mol. The molecule has 2 fully saturated rings. The first-order chi connectivity index (χ1) is 9.16. The van der Waals surface area contributed by atoms with E-state index in [-0.39, 0.29) is 35.9 Å². The Kier molecular flexibility index (Phi) is 2.17. The number of benzene rings is 1. The van der Waals surface area contributed by atoms with Gasteiger partial charge in [-0.2, -0.15) is 0 Å². The summed E-state index contributed by atoms with van der Waals surface area (Å²) in [6.45, 7) is 0. The highest BCUT2D eigenvalue weighted by Crippen LogP contribution is 2.46. The highest BCUT2D eigenvalue weighted by atomic mass is 35.5. The number of imide groups is 1. The maximum atomic E-state index is 12.4. The first-order valence-corrected chi connectivity index (χ1v) is 6.52. The number of ether oxygens (including phenoxy) is 1. The highest BCUT2D eigenvalue weighted by Gasteiger charge is 2.60. The fourth-order valence-corrected chi connectivity index (χ4v) is 3.27. The van der Waals surface area contributed by atoms with Gasteiger partial charge in [-0.25, -0.2) is 4.90 Å². The number of amides is 2. The zero-order chi connectivity index (χ0) is 13.1. The SMILES string of the molecule is O=C1[C@@H]2[C@H](C(=O)N1c1ccc(Cl)cc1)[C@H]1C=C[C@@H]2O1. The average Bonchev–Trinajstić information content (AvgIpc) is 3.06. The number of carbonyl (C=O) groups excluding carboxylic acids is 2. The van der Waals surface area contributed by atoms with Crippen LogP contribution >= 0.6 is 11.6 Å². The van der Waals surface area contributed by atoms with Crippen LogP contribution in [0.25, 0.3) is 0 Å². The summed E-state index contributed by atoms with van der Waals surface area (Å²) in [5.41, 5.74) is 0.577. The van der Waals surface area contributed by atoms with Crippen LogP contribution in [0.1, 0.15) is 0 Å². The first-order valence-electron chi connectivity index (χ1n) is 6.14. The largest absolute Gasteiger partial charge is 0.365 e. The van der Waals surface area contributed by atoms with Gasteiger partial charge in [0.05, 0.1) is 29.7 Å². The van der Waals surface area contributed by atoms with Crippen LogP contribution in [0.3, 0.4) is 0 Å². The highest BCUT2D eigenvalue weighted by molar-refractivity contribution is 6.30. The summed E-state index contributed by atoms with van der Waals surface area (Å²) >= 11 is 5.82. The van der Waals surface area contributed by atoms with Crippen molar-refractivity contribution in [3.8, 4) is 0 Å². The summed E-state index contributed by atoms with van der Waals surface area (Å²) in [5.74, 6) is -1.07. The molecule has 3 heterocycles. The maximum Gasteiger partial charge on any atom is 0.240 e. The fourth-order valence-electron chi connectivity index (χ4n) is 3.15. The van der Waals surface area contributed by atoms with E-state index in [9.17, 15) is 9.59 Å². The third-order valence-corrected chi connectivity index (χ3v) is 4.25. The van der Waals surface area contributed by atoms with Crippen molar-refractivity contribution < 1.29 is 14.3 Å². The lowest BCUT2D eigenvalue weighted by Crippen LogP contribution is -2.34. The van der Waals surface area contributed by atoms with Crippen molar-refractivity contribution in [2.24, 2.45) is 11.8 Å². The van der Waals surface area contributed by atoms with Crippen molar-refractivity contribution >= 4 is 29.1 Å². The van der Waals surface area contributed by atoms with Crippen molar-refractivity contribution in [1.82, 2.24) is 0 Å². The molecule has 2 saturated heterocycles. The van der Waals surface area contributed by atoms with Crippen LogP contribution in [-0.4, -0.2) is 24.0 Å². The zero-order valence-corrected chi connectivity index (χ0v) is 10.6. The van der Waals surface area contributed by atoms with Gasteiger partial charge in [-0.05, 0) is 24.3 Å². The standard InChI is InChI=1S/C14H10ClNO3/c15-7-1-3-8(4-2-7)16-13(17)11-9-5-6-10(19-9)12(11)14(16)18/h1-6,9-12H/t9-,10+,11-,12+. The molecular formula is C14H10ClNO3. The molecule has 0 aliphatic carbocycles. The molecule has 4 atom stereocenters. The van der Waals surface area contributed by atoms with E-state index in [0.717, 1.165) is 0 Å². The van der Waals surface area contributed by atoms with Crippen molar-refractivity contribution in [1.29, 1.82) is 0 Å². The van der Waals surface area contributed by atoms with E-state index in [1.54, 1.807) is 24.3 Å². The fraction of sp³-hybridized carbons (Fsp3) is 0.286. The minimum Gasteiger partial charge on any atom is -0.365 e. The molecule has 3 aliphatic rings. The van der Waals surface area contributed by atoms with Gasteiger partial charge in [0, 0.05) is 5.02 Å². The molecule has 0 aromatic heterocycles. The Morgan fingerprint density at radius 3 is 2.00 bits per heavy atom. The lowest BCUT2D eigenvalue weighted by atomic mass is 9.85. The number of anilines is 1. The van der Waals surface area contributed by atoms with Crippen molar-refractivity contribution in [3.63, 3.8) is 0 Å². The molecule has 19 heavy (non-hydrogen) atoms. The third-order valence-electron chi connectivity index (χ3n) is 4.00. The second-order valence-electron chi connectivity index (χ2n) is 4.99. The van der Waals surface area contributed by atoms with Gasteiger partial charge in [0.1, 0.15) is 0 Å². The molecule has 96 valence electrons. The minimum atomic E-state index is -0.363. The van der Waals surface area contributed by atoms with E-state index < -0.39 is 0 Å². The predicted octanol–water partition coefficient (Wildman–Crippen LogP) is 1.78. The Balaban J connectivity index is 1.74.